The van der Waals surface area contributed by atoms with Crippen LogP contribution < -0.4 is 5.32 Å². The van der Waals surface area contributed by atoms with E-state index in [1.807, 2.05) is 13.0 Å². The van der Waals surface area contributed by atoms with Gasteiger partial charge in [0.1, 0.15) is 5.82 Å². The highest BCUT2D eigenvalue weighted by Gasteiger charge is 2.39. The molecule has 19 heavy (non-hydrogen) atoms. The third-order valence-electron chi connectivity index (χ3n) is 4.01. The molecule has 3 heteroatoms. The molecule has 0 amide bonds. The van der Waals surface area contributed by atoms with Crippen LogP contribution in [0.25, 0.3) is 0 Å². The lowest BCUT2D eigenvalue weighted by Crippen LogP contribution is -2.42. The van der Waals surface area contributed by atoms with E-state index in [1.54, 1.807) is 6.07 Å². The Morgan fingerprint density at radius 3 is 2.89 bits per heavy atom. The van der Waals surface area contributed by atoms with E-state index in [4.69, 9.17) is 4.74 Å². The molecule has 1 aliphatic rings. The molecule has 0 aromatic heterocycles. The number of ether oxygens (including phenoxy) is 1. The van der Waals surface area contributed by atoms with Crippen molar-refractivity contribution in [2.75, 3.05) is 13.2 Å². The maximum absolute atomic E-state index is 13.6. The minimum absolute atomic E-state index is 0.0608. The molecule has 1 aromatic carbocycles. The van der Waals surface area contributed by atoms with Crippen LogP contribution in [0.4, 0.5) is 4.39 Å². The van der Waals surface area contributed by atoms with Crippen LogP contribution in [0.3, 0.4) is 0 Å². The monoisotopic (exact) mass is 265 g/mol. The van der Waals surface area contributed by atoms with Gasteiger partial charge in [-0.25, -0.2) is 4.39 Å². The SMILES string of the molecule is CCCNC(c1cc(F)ccc1C)C1(C)CCCO1. The molecule has 2 rings (SSSR count). The van der Waals surface area contributed by atoms with Gasteiger partial charge in [0.15, 0.2) is 0 Å². The van der Waals surface area contributed by atoms with Gasteiger partial charge in [-0.1, -0.05) is 13.0 Å². The Kier molecular flexibility index (Phi) is 4.58. The summed E-state index contributed by atoms with van der Waals surface area (Å²) in [4.78, 5) is 0. The van der Waals surface area contributed by atoms with Crippen LogP contribution in [0.2, 0.25) is 0 Å². The van der Waals surface area contributed by atoms with Gasteiger partial charge in [0.25, 0.3) is 0 Å². The molecule has 106 valence electrons. The first kappa shape index (κ1) is 14.5. The van der Waals surface area contributed by atoms with E-state index in [1.165, 1.54) is 6.07 Å². The number of rotatable bonds is 5. The van der Waals surface area contributed by atoms with Crippen molar-refractivity contribution in [2.24, 2.45) is 0 Å². The normalized spacial score (nSPS) is 24.6. The Balaban J connectivity index is 2.33. The van der Waals surface area contributed by atoms with Crippen LogP contribution in [0.15, 0.2) is 18.2 Å². The van der Waals surface area contributed by atoms with Crippen molar-refractivity contribution in [3.8, 4) is 0 Å². The van der Waals surface area contributed by atoms with Crippen LogP contribution in [-0.4, -0.2) is 18.8 Å². The summed E-state index contributed by atoms with van der Waals surface area (Å²) >= 11 is 0. The zero-order valence-corrected chi connectivity index (χ0v) is 12.1. The summed E-state index contributed by atoms with van der Waals surface area (Å²) in [5.74, 6) is -0.175. The van der Waals surface area contributed by atoms with Crippen molar-refractivity contribution in [2.45, 2.75) is 51.7 Å². The minimum Gasteiger partial charge on any atom is -0.373 e. The van der Waals surface area contributed by atoms with E-state index in [2.05, 4.69) is 19.2 Å². The van der Waals surface area contributed by atoms with E-state index in [0.717, 1.165) is 43.5 Å². The molecule has 0 bridgehead atoms. The van der Waals surface area contributed by atoms with E-state index in [9.17, 15) is 4.39 Å². The van der Waals surface area contributed by atoms with Crippen LogP contribution in [-0.2, 0) is 4.74 Å². The van der Waals surface area contributed by atoms with Crippen molar-refractivity contribution < 1.29 is 9.13 Å². The zero-order valence-electron chi connectivity index (χ0n) is 12.1. The summed E-state index contributed by atoms with van der Waals surface area (Å²) < 4.78 is 19.5. The van der Waals surface area contributed by atoms with Crippen molar-refractivity contribution in [1.29, 1.82) is 0 Å². The van der Waals surface area contributed by atoms with Gasteiger partial charge >= 0.3 is 0 Å². The molecule has 0 spiro atoms. The van der Waals surface area contributed by atoms with E-state index in [0.29, 0.717) is 0 Å². The molecule has 2 nitrogen and oxygen atoms in total. The molecule has 1 N–H and O–H groups in total. The molecule has 1 heterocycles. The van der Waals surface area contributed by atoms with Crippen LogP contribution >= 0.6 is 0 Å². The first-order chi connectivity index (χ1) is 9.07. The van der Waals surface area contributed by atoms with Crippen LogP contribution in [0.5, 0.6) is 0 Å². The molecular weight excluding hydrogens is 241 g/mol. The molecule has 1 aliphatic heterocycles. The smallest absolute Gasteiger partial charge is 0.123 e. The number of benzene rings is 1. The largest absolute Gasteiger partial charge is 0.373 e. The highest BCUT2D eigenvalue weighted by atomic mass is 19.1. The summed E-state index contributed by atoms with van der Waals surface area (Å²) in [7, 11) is 0. The van der Waals surface area contributed by atoms with Crippen molar-refractivity contribution >= 4 is 0 Å². The molecule has 2 unspecified atom stereocenters. The predicted octanol–water partition coefficient (Wildman–Crippen LogP) is 3.74. The Morgan fingerprint density at radius 1 is 1.47 bits per heavy atom. The van der Waals surface area contributed by atoms with Gasteiger partial charge in [-0.3, -0.25) is 0 Å². The number of hydrogen-bond donors (Lipinski definition) is 1. The fourth-order valence-electron chi connectivity index (χ4n) is 2.89. The quantitative estimate of drug-likeness (QED) is 0.875. The lowest BCUT2D eigenvalue weighted by Gasteiger charge is -2.35. The summed E-state index contributed by atoms with van der Waals surface area (Å²) in [6.07, 6.45) is 3.15. The second kappa shape index (κ2) is 6.02. The maximum atomic E-state index is 13.6. The summed E-state index contributed by atoms with van der Waals surface area (Å²) in [6.45, 7) is 8.03. The second-order valence-corrected chi connectivity index (χ2v) is 5.65. The molecule has 2 atom stereocenters. The Hall–Kier alpha value is -0.930. The predicted molar refractivity (Wildman–Crippen MR) is 75.8 cm³/mol. The highest BCUT2D eigenvalue weighted by Crippen LogP contribution is 2.38. The van der Waals surface area contributed by atoms with Gasteiger partial charge in [-0.05, 0) is 62.9 Å². The lowest BCUT2D eigenvalue weighted by atomic mass is 9.85. The maximum Gasteiger partial charge on any atom is 0.123 e. The summed E-state index contributed by atoms with van der Waals surface area (Å²) in [5, 5.41) is 3.54. The Bertz CT molecular complexity index is 427. The average Bonchev–Trinajstić information content (AvgIpc) is 2.82. The molecular formula is C16H24FNO. The summed E-state index contributed by atoms with van der Waals surface area (Å²) in [6, 6.07) is 5.08. The van der Waals surface area contributed by atoms with Gasteiger partial charge in [0, 0.05) is 6.61 Å². The van der Waals surface area contributed by atoms with Gasteiger partial charge in [0.05, 0.1) is 11.6 Å². The Labute approximate surface area is 115 Å². The van der Waals surface area contributed by atoms with Gasteiger partial charge < -0.3 is 10.1 Å². The zero-order chi connectivity index (χ0) is 13.9. The number of halogens is 1. The number of nitrogens with one attached hydrogen (secondary N) is 1. The topological polar surface area (TPSA) is 21.3 Å². The van der Waals surface area contributed by atoms with Crippen molar-refractivity contribution in [1.82, 2.24) is 5.32 Å². The van der Waals surface area contributed by atoms with Gasteiger partial charge in [-0.2, -0.15) is 0 Å². The highest BCUT2D eigenvalue weighted by molar-refractivity contribution is 5.32. The summed E-state index contributed by atoms with van der Waals surface area (Å²) in [5.41, 5.74) is 1.91. The van der Waals surface area contributed by atoms with Crippen molar-refractivity contribution in [3.05, 3.63) is 35.1 Å². The third-order valence-corrected chi connectivity index (χ3v) is 4.01. The van der Waals surface area contributed by atoms with Gasteiger partial charge in [0.2, 0.25) is 0 Å². The fourth-order valence-corrected chi connectivity index (χ4v) is 2.89. The molecule has 0 radical (unpaired) electrons. The lowest BCUT2D eigenvalue weighted by molar-refractivity contribution is -0.0127. The Morgan fingerprint density at radius 2 is 2.26 bits per heavy atom. The molecule has 0 aliphatic carbocycles. The van der Waals surface area contributed by atoms with Gasteiger partial charge in [-0.15, -0.1) is 0 Å². The first-order valence-electron chi connectivity index (χ1n) is 7.20. The standard InChI is InChI=1S/C16H24FNO/c1-4-9-18-15(16(3)8-5-10-19-16)14-11-13(17)7-6-12(14)2/h6-7,11,15,18H,4-5,8-10H2,1-3H3. The van der Waals surface area contributed by atoms with E-state index in [-0.39, 0.29) is 17.5 Å². The second-order valence-electron chi connectivity index (χ2n) is 5.65. The van der Waals surface area contributed by atoms with E-state index < -0.39 is 0 Å². The number of aryl methyl sites for hydroxylation is 1. The molecule has 1 aromatic rings. The first-order valence-corrected chi connectivity index (χ1v) is 7.20. The van der Waals surface area contributed by atoms with Crippen LogP contribution in [0, 0.1) is 12.7 Å². The minimum atomic E-state index is -0.228. The van der Waals surface area contributed by atoms with E-state index >= 15 is 0 Å². The third kappa shape index (κ3) is 3.15. The molecule has 1 saturated heterocycles. The number of hydrogen-bond acceptors (Lipinski definition) is 2. The van der Waals surface area contributed by atoms with Crippen molar-refractivity contribution in [3.63, 3.8) is 0 Å². The average molecular weight is 265 g/mol. The van der Waals surface area contributed by atoms with Crippen LogP contribution in [0.1, 0.15) is 50.3 Å². The molecule has 1 fully saturated rings. The molecule has 0 saturated carbocycles. The fraction of sp³-hybridized carbons (Fsp3) is 0.625.